The third kappa shape index (κ3) is 10.6. The van der Waals surface area contributed by atoms with Crippen LogP contribution in [0.5, 0.6) is 5.75 Å². The van der Waals surface area contributed by atoms with Crippen molar-refractivity contribution < 1.29 is 23.0 Å². The SMILES string of the molecule is CCOCCOCc1cccc(CNC(=NC)NCc2cc(C)ccc2OC(F)F)c1.I. The average molecular weight is 563 g/mol. The summed E-state index contributed by atoms with van der Waals surface area (Å²) in [6.07, 6.45) is 0. The van der Waals surface area contributed by atoms with Crippen LogP contribution in [0.3, 0.4) is 0 Å². The van der Waals surface area contributed by atoms with Gasteiger partial charge in [-0.15, -0.1) is 24.0 Å². The molecule has 0 amide bonds. The molecule has 0 saturated carbocycles. The second-order valence-electron chi connectivity index (χ2n) is 6.84. The van der Waals surface area contributed by atoms with Gasteiger partial charge in [-0.1, -0.05) is 42.0 Å². The first kappa shape index (κ1) is 28.1. The van der Waals surface area contributed by atoms with E-state index in [-0.39, 0.29) is 29.7 Å². The maximum Gasteiger partial charge on any atom is 0.387 e. The van der Waals surface area contributed by atoms with E-state index in [4.69, 9.17) is 9.47 Å². The number of benzene rings is 2. The van der Waals surface area contributed by atoms with Crippen molar-refractivity contribution in [3.8, 4) is 5.75 Å². The monoisotopic (exact) mass is 563 g/mol. The summed E-state index contributed by atoms with van der Waals surface area (Å²) in [6.45, 7) is 4.20. The lowest BCUT2D eigenvalue weighted by Gasteiger charge is -2.15. The fourth-order valence-corrected chi connectivity index (χ4v) is 2.92. The summed E-state index contributed by atoms with van der Waals surface area (Å²) in [7, 11) is 1.66. The predicted molar refractivity (Wildman–Crippen MR) is 133 cm³/mol. The van der Waals surface area contributed by atoms with Gasteiger partial charge in [0, 0.05) is 32.3 Å². The lowest BCUT2D eigenvalue weighted by molar-refractivity contribution is -0.0504. The third-order valence-corrected chi connectivity index (χ3v) is 4.40. The Morgan fingerprint density at radius 3 is 2.44 bits per heavy atom. The molecule has 178 valence electrons. The number of aryl methyl sites for hydroxylation is 1. The van der Waals surface area contributed by atoms with Gasteiger partial charge in [0.2, 0.25) is 0 Å². The van der Waals surface area contributed by atoms with Gasteiger partial charge in [-0.25, -0.2) is 0 Å². The van der Waals surface area contributed by atoms with Crippen LogP contribution in [0.4, 0.5) is 8.78 Å². The molecule has 0 aliphatic heterocycles. The number of nitrogens with zero attached hydrogens (tertiary/aromatic N) is 1. The molecule has 0 bridgehead atoms. The highest BCUT2D eigenvalue weighted by Gasteiger charge is 2.10. The Hall–Kier alpha value is -1.98. The second kappa shape index (κ2) is 15.8. The molecule has 0 spiro atoms. The molecule has 0 radical (unpaired) electrons. The van der Waals surface area contributed by atoms with Crippen molar-refractivity contribution in [2.45, 2.75) is 40.2 Å². The summed E-state index contributed by atoms with van der Waals surface area (Å²) in [6, 6.07) is 13.2. The van der Waals surface area contributed by atoms with Gasteiger partial charge in [-0.2, -0.15) is 8.78 Å². The van der Waals surface area contributed by atoms with Crippen LogP contribution in [0.15, 0.2) is 47.5 Å². The fourth-order valence-electron chi connectivity index (χ4n) is 2.92. The van der Waals surface area contributed by atoms with Gasteiger partial charge in [-0.3, -0.25) is 4.99 Å². The van der Waals surface area contributed by atoms with E-state index in [1.54, 1.807) is 19.2 Å². The lowest BCUT2D eigenvalue weighted by Crippen LogP contribution is -2.36. The molecular weight excluding hydrogens is 531 g/mol. The lowest BCUT2D eigenvalue weighted by atomic mass is 10.1. The Kier molecular flexibility index (Phi) is 13.8. The highest BCUT2D eigenvalue weighted by Crippen LogP contribution is 2.22. The summed E-state index contributed by atoms with van der Waals surface area (Å²) < 4.78 is 40.8. The number of alkyl halides is 2. The van der Waals surface area contributed by atoms with Crippen LogP contribution in [-0.2, 0) is 29.2 Å². The molecule has 0 fully saturated rings. The van der Waals surface area contributed by atoms with Gasteiger partial charge < -0.3 is 24.8 Å². The largest absolute Gasteiger partial charge is 0.434 e. The number of hydrogen-bond donors (Lipinski definition) is 2. The van der Waals surface area contributed by atoms with Crippen molar-refractivity contribution in [1.29, 1.82) is 0 Å². The van der Waals surface area contributed by atoms with Gasteiger partial charge >= 0.3 is 6.61 Å². The van der Waals surface area contributed by atoms with Crippen molar-refractivity contribution in [2.24, 2.45) is 4.99 Å². The minimum absolute atomic E-state index is 0. The summed E-state index contributed by atoms with van der Waals surface area (Å²) in [5.41, 5.74) is 3.74. The van der Waals surface area contributed by atoms with Crippen molar-refractivity contribution in [3.05, 3.63) is 64.7 Å². The molecule has 6 nitrogen and oxygen atoms in total. The topological polar surface area (TPSA) is 64.1 Å². The first-order valence-corrected chi connectivity index (χ1v) is 10.2. The van der Waals surface area contributed by atoms with E-state index in [9.17, 15) is 8.78 Å². The quantitative estimate of drug-likeness (QED) is 0.171. The van der Waals surface area contributed by atoms with Gasteiger partial charge in [0.1, 0.15) is 5.75 Å². The van der Waals surface area contributed by atoms with Gasteiger partial charge in [0.15, 0.2) is 5.96 Å². The van der Waals surface area contributed by atoms with Crippen LogP contribution in [0.25, 0.3) is 0 Å². The molecule has 0 aliphatic rings. The molecule has 32 heavy (non-hydrogen) atoms. The number of halogens is 3. The van der Waals surface area contributed by atoms with Crippen molar-refractivity contribution in [1.82, 2.24) is 10.6 Å². The molecule has 0 unspecified atom stereocenters. The van der Waals surface area contributed by atoms with E-state index in [1.165, 1.54) is 0 Å². The first-order chi connectivity index (χ1) is 15.0. The predicted octanol–water partition coefficient (Wildman–Crippen LogP) is 4.63. The molecule has 9 heteroatoms. The Balaban J connectivity index is 0.00000512. The molecule has 0 aromatic heterocycles. The standard InChI is InChI=1S/C23H31F2N3O3.HI/c1-4-29-10-11-30-16-19-7-5-6-18(13-19)14-27-23(26-3)28-15-20-12-17(2)8-9-21(20)31-22(24)25;/h5-9,12-13,22H,4,10-11,14-16H2,1-3H3,(H2,26,27,28);1H. The van der Waals surface area contributed by atoms with E-state index in [0.717, 1.165) is 16.7 Å². The zero-order valence-corrected chi connectivity index (χ0v) is 21.0. The summed E-state index contributed by atoms with van der Waals surface area (Å²) >= 11 is 0. The van der Waals surface area contributed by atoms with E-state index >= 15 is 0 Å². The fraction of sp³-hybridized carbons (Fsp3) is 0.435. The van der Waals surface area contributed by atoms with Crippen LogP contribution >= 0.6 is 24.0 Å². The number of rotatable bonds is 12. The highest BCUT2D eigenvalue weighted by atomic mass is 127. The Labute approximate surface area is 205 Å². The van der Waals surface area contributed by atoms with Crippen LogP contribution in [-0.4, -0.2) is 39.4 Å². The summed E-state index contributed by atoms with van der Waals surface area (Å²) in [5.74, 6) is 0.712. The number of guanidine groups is 1. The highest BCUT2D eigenvalue weighted by molar-refractivity contribution is 14.0. The molecule has 0 aliphatic carbocycles. The zero-order chi connectivity index (χ0) is 22.5. The maximum atomic E-state index is 12.6. The molecule has 2 rings (SSSR count). The molecule has 0 heterocycles. The molecule has 2 aromatic carbocycles. The molecule has 0 saturated heterocycles. The second-order valence-corrected chi connectivity index (χ2v) is 6.84. The maximum absolute atomic E-state index is 12.6. The number of hydrogen-bond acceptors (Lipinski definition) is 4. The number of nitrogens with one attached hydrogen (secondary N) is 2. The Morgan fingerprint density at radius 1 is 1.00 bits per heavy atom. The van der Waals surface area contributed by atoms with E-state index in [1.807, 2.05) is 38.1 Å². The van der Waals surface area contributed by atoms with E-state index in [0.29, 0.717) is 51.0 Å². The van der Waals surface area contributed by atoms with Crippen molar-refractivity contribution in [3.63, 3.8) is 0 Å². The molecule has 2 N–H and O–H groups in total. The molecule has 2 aromatic rings. The van der Waals surface area contributed by atoms with Crippen LogP contribution in [0.2, 0.25) is 0 Å². The molecular formula is C23H32F2IN3O3. The summed E-state index contributed by atoms with van der Waals surface area (Å²) in [5, 5.41) is 6.37. The van der Waals surface area contributed by atoms with Gasteiger partial charge in [0.05, 0.1) is 19.8 Å². The average Bonchev–Trinajstić information content (AvgIpc) is 2.75. The third-order valence-electron chi connectivity index (χ3n) is 4.40. The smallest absolute Gasteiger partial charge is 0.387 e. The Morgan fingerprint density at radius 2 is 1.72 bits per heavy atom. The summed E-state index contributed by atoms with van der Waals surface area (Å²) in [4.78, 5) is 4.20. The zero-order valence-electron chi connectivity index (χ0n) is 18.7. The van der Waals surface area contributed by atoms with Crippen LogP contribution in [0, 0.1) is 6.92 Å². The molecule has 0 atom stereocenters. The van der Waals surface area contributed by atoms with Gasteiger partial charge in [0.25, 0.3) is 0 Å². The van der Waals surface area contributed by atoms with Crippen molar-refractivity contribution >= 4 is 29.9 Å². The normalized spacial score (nSPS) is 11.2. The first-order valence-electron chi connectivity index (χ1n) is 10.2. The van der Waals surface area contributed by atoms with Gasteiger partial charge in [-0.05, 0) is 31.0 Å². The van der Waals surface area contributed by atoms with E-state index in [2.05, 4.69) is 26.4 Å². The number of ether oxygens (including phenoxy) is 3. The number of aliphatic imine (C=N–C) groups is 1. The minimum Gasteiger partial charge on any atom is -0.434 e. The minimum atomic E-state index is -2.87. The van der Waals surface area contributed by atoms with Crippen LogP contribution < -0.4 is 15.4 Å². The van der Waals surface area contributed by atoms with Crippen molar-refractivity contribution in [2.75, 3.05) is 26.9 Å². The Bertz CT molecular complexity index is 838. The van der Waals surface area contributed by atoms with E-state index < -0.39 is 6.61 Å². The van der Waals surface area contributed by atoms with Crippen LogP contribution in [0.1, 0.15) is 29.2 Å².